The lowest BCUT2D eigenvalue weighted by molar-refractivity contribution is 0.413. The smallest absolute Gasteiger partial charge is 0.153 e. The number of ether oxygens (including phenoxy) is 1. The molecule has 6 heteroatoms. The third kappa shape index (κ3) is 2.62. The minimum Gasteiger partial charge on any atom is -0.494 e. The van der Waals surface area contributed by atoms with Gasteiger partial charge >= 0.3 is 0 Å². The summed E-state index contributed by atoms with van der Waals surface area (Å²) in [5.74, 6) is 0.421. The van der Waals surface area contributed by atoms with E-state index in [0.717, 1.165) is 0 Å². The molecule has 0 saturated heterocycles. The lowest BCUT2D eigenvalue weighted by Gasteiger charge is -2.12. The molecule has 0 aliphatic rings. The number of hydrogen-bond acceptors (Lipinski definition) is 4. The topological polar surface area (TPSA) is 60.2 Å². The number of hydrogen-bond donors (Lipinski definition) is 2. The van der Waals surface area contributed by atoms with Gasteiger partial charge in [-0.2, -0.15) is 0 Å². The molecule has 3 N–H and O–H groups in total. The molecule has 1 aromatic carbocycles. The number of anilines is 3. The van der Waals surface area contributed by atoms with Crippen LogP contribution in [0.15, 0.2) is 30.5 Å². The first-order valence-corrected chi connectivity index (χ1v) is 5.49. The first-order valence-electron chi connectivity index (χ1n) is 5.11. The summed E-state index contributed by atoms with van der Waals surface area (Å²) in [6.07, 6.45) is 1.47. The molecule has 0 bridgehead atoms. The van der Waals surface area contributed by atoms with Gasteiger partial charge in [-0.25, -0.2) is 9.37 Å². The van der Waals surface area contributed by atoms with Gasteiger partial charge in [-0.1, -0.05) is 11.6 Å². The Kier molecular flexibility index (Phi) is 3.53. The highest BCUT2D eigenvalue weighted by molar-refractivity contribution is 6.30. The maximum absolute atomic E-state index is 13.0. The van der Waals surface area contributed by atoms with Gasteiger partial charge in [0.25, 0.3) is 0 Å². The molecular formula is C12H11ClFN3O. The number of benzene rings is 1. The monoisotopic (exact) mass is 267 g/mol. The number of halogens is 2. The first-order chi connectivity index (χ1) is 8.60. The number of nitrogens with two attached hydrogens (primary N) is 1. The van der Waals surface area contributed by atoms with E-state index in [1.165, 1.54) is 25.4 Å². The molecule has 0 unspecified atom stereocenters. The second-order valence-electron chi connectivity index (χ2n) is 3.56. The van der Waals surface area contributed by atoms with Gasteiger partial charge < -0.3 is 15.8 Å². The first kappa shape index (κ1) is 12.4. The van der Waals surface area contributed by atoms with Gasteiger partial charge in [0, 0.05) is 12.3 Å². The van der Waals surface area contributed by atoms with Crippen LogP contribution in [-0.4, -0.2) is 12.1 Å². The summed E-state index contributed by atoms with van der Waals surface area (Å²) in [6, 6.07) is 5.71. The third-order valence-electron chi connectivity index (χ3n) is 2.30. The Bertz CT molecular complexity index is 577. The summed E-state index contributed by atoms with van der Waals surface area (Å²) in [4.78, 5) is 4.05. The van der Waals surface area contributed by atoms with E-state index in [0.29, 0.717) is 28.0 Å². The van der Waals surface area contributed by atoms with Crippen molar-refractivity contribution in [2.45, 2.75) is 0 Å². The summed E-state index contributed by atoms with van der Waals surface area (Å²) in [6.45, 7) is 0. The Morgan fingerprint density at radius 3 is 2.83 bits per heavy atom. The lowest BCUT2D eigenvalue weighted by Crippen LogP contribution is -2.00. The molecule has 18 heavy (non-hydrogen) atoms. The van der Waals surface area contributed by atoms with Crippen molar-refractivity contribution in [2.75, 3.05) is 18.2 Å². The molecule has 0 saturated carbocycles. The Labute approximate surface area is 109 Å². The molecule has 0 atom stereocenters. The van der Waals surface area contributed by atoms with E-state index in [4.69, 9.17) is 22.1 Å². The van der Waals surface area contributed by atoms with E-state index in [-0.39, 0.29) is 5.82 Å². The average molecular weight is 268 g/mol. The zero-order chi connectivity index (χ0) is 13.1. The number of methoxy groups -OCH3 is 1. The molecular weight excluding hydrogens is 257 g/mol. The lowest BCUT2D eigenvalue weighted by atomic mass is 10.2. The average Bonchev–Trinajstić information content (AvgIpc) is 2.34. The largest absolute Gasteiger partial charge is 0.494 e. The van der Waals surface area contributed by atoms with E-state index in [2.05, 4.69) is 10.3 Å². The summed E-state index contributed by atoms with van der Waals surface area (Å²) < 4.78 is 18.1. The van der Waals surface area contributed by atoms with Crippen LogP contribution in [0.4, 0.5) is 21.6 Å². The highest BCUT2D eigenvalue weighted by atomic mass is 35.5. The van der Waals surface area contributed by atoms with Crippen molar-refractivity contribution >= 4 is 28.8 Å². The number of aromatic nitrogens is 1. The second-order valence-corrected chi connectivity index (χ2v) is 4.00. The Morgan fingerprint density at radius 2 is 2.17 bits per heavy atom. The standard InChI is InChI=1S/C12H11ClFN3O/c1-18-11-5-8(14)2-3-10(11)17-12-9(15)4-7(13)6-16-12/h2-6H,15H2,1H3,(H,16,17). The fourth-order valence-electron chi connectivity index (χ4n) is 1.46. The van der Waals surface area contributed by atoms with E-state index in [1.54, 1.807) is 12.1 Å². The predicted octanol–water partition coefficient (Wildman–Crippen LogP) is 3.21. The number of rotatable bonds is 3. The van der Waals surface area contributed by atoms with Crippen LogP contribution in [0.2, 0.25) is 5.02 Å². The van der Waals surface area contributed by atoms with Gasteiger partial charge in [-0.05, 0) is 18.2 Å². The molecule has 1 aromatic heterocycles. The van der Waals surface area contributed by atoms with Gasteiger partial charge in [0.15, 0.2) is 5.82 Å². The Balaban J connectivity index is 2.33. The zero-order valence-corrected chi connectivity index (χ0v) is 10.3. The van der Waals surface area contributed by atoms with Crippen LogP contribution in [0.3, 0.4) is 0 Å². The molecule has 0 aliphatic heterocycles. The molecule has 1 heterocycles. The van der Waals surface area contributed by atoms with Crippen molar-refractivity contribution in [1.29, 1.82) is 0 Å². The number of nitrogens with one attached hydrogen (secondary N) is 1. The Hall–Kier alpha value is -2.01. The SMILES string of the molecule is COc1cc(F)ccc1Nc1ncc(Cl)cc1N. The maximum Gasteiger partial charge on any atom is 0.153 e. The number of pyridine rings is 1. The van der Waals surface area contributed by atoms with Crippen LogP contribution in [0.1, 0.15) is 0 Å². The molecule has 0 amide bonds. The minimum atomic E-state index is -0.380. The van der Waals surface area contributed by atoms with Crippen LogP contribution in [0.5, 0.6) is 5.75 Å². The van der Waals surface area contributed by atoms with Crippen molar-refractivity contribution in [1.82, 2.24) is 4.98 Å². The quantitative estimate of drug-likeness (QED) is 0.896. The summed E-state index contributed by atoms with van der Waals surface area (Å²) >= 11 is 5.75. The fourth-order valence-corrected chi connectivity index (χ4v) is 1.62. The second kappa shape index (κ2) is 5.10. The predicted molar refractivity (Wildman–Crippen MR) is 69.9 cm³/mol. The van der Waals surface area contributed by atoms with E-state index >= 15 is 0 Å². The van der Waals surface area contributed by atoms with Gasteiger partial charge in [0.2, 0.25) is 0 Å². The molecule has 0 aliphatic carbocycles. The van der Waals surface area contributed by atoms with Crippen molar-refractivity contribution in [3.05, 3.63) is 41.3 Å². The molecule has 2 aromatic rings. The fraction of sp³-hybridized carbons (Fsp3) is 0.0833. The molecule has 2 rings (SSSR count). The summed E-state index contributed by atoms with van der Waals surface area (Å²) in [7, 11) is 1.46. The van der Waals surface area contributed by atoms with Crippen molar-refractivity contribution < 1.29 is 9.13 Å². The third-order valence-corrected chi connectivity index (χ3v) is 2.51. The van der Waals surface area contributed by atoms with Crippen LogP contribution < -0.4 is 15.8 Å². The maximum atomic E-state index is 13.0. The molecule has 0 spiro atoms. The van der Waals surface area contributed by atoms with Crippen LogP contribution >= 0.6 is 11.6 Å². The van der Waals surface area contributed by atoms with E-state index in [1.807, 2.05) is 0 Å². The van der Waals surface area contributed by atoms with Crippen molar-refractivity contribution in [2.24, 2.45) is 0 Å². The van der Waals surface area contributed by atoms with Gasteiger partial charge in [-0.3, -0.25) is 0 Å². The van der Waals surface area contributed by atoms with Crippen LogP contribution in [0, 0.1) is 5.82 Å². The minimum absolute atomic E-state index is 0.367. The van der Waals surface area contributed by atoms with Gasteiger partial charge in [-0.15, -0.1) is 0 Å². The summed E-state index contributed by atoms with van der Waals surface area (Å²) in [5, 5.41) is 3.41. The zero-order valence-electron chi connectivity index (χ0n) is 9.58. The Morgan fingerprint density at radius 1 is 1.39 bits per heavy atom. The molecule has 0 radical (unpaired) electrons. The molecule has 4 nitrogen and oxygen atoms in total. The van der Waals surface area contributed by atoms with E-state index < -0.39 is 0 Å². The normalized spacial score (nSPS) is 10.2. The summed E-state index contributed by atoms with van der Waals surface area (Å²) in [5.41, 5.74) is 6.73. The van der Waals surface area contributed by atoms with Crippen LogP contribution in [0.25, 0.3) is 0 Å². The number of nitrogen functional groups attached to an aromatic ring is 1. The highest BCUT2D eigenvalue weighted by Gasteiger charge is 2.08. The van der Waals surface area contributed by atoms with Crippen molar-refractivity contribution in [3.63, 3.8) is 0 Å². The number of nitrogens with zero attached hydrogens (tertiary/aromatic N) is 1. The van der Waals surface area contributed by atoms with Gasteiger partial charge in [0.05, 0.1) is 23.5 Å². The van der Waals surface area contributed by atoms with Crippen molar-refractivity contribution in [3.8, 4) is 5.75 Å². The van der Waals surface area contributed by atoms with E-state index in [9.17, 15) is 4.39 Å². The highest BCUT2D eigenvalue weighted by Crippen LogP contribution is 2.30. The molecule has 0 fully saturated rings. The van der Waals surface area contributed by atoms with Gasteiger partial charge in [0.1, 0.15) is 11.6 Å². The molecule has 94 valence electrons. The van der Waals surface area contributed by atoms with Crippen LogP contribution in [-0.2, 0) is 0 Å².